The van der Waals surface area contributed by atoms with Gasteiger partial charge in [0.25, 0.3) is 0 Å². The molecule has 2 heteroatoms. The molecule has 0 heterocycles. The predicted octanol–water partition coefficient (Wildman–Crippen LogP) is 4.10. The minimum atomic E-state index is 0.0782. The van der Waals surface area contributed by atoms with E-state index in [0.717, 1.165) is 12.8 Å². The summed E-state index contributed by atoms with van der Waals surface area (Å²) in [7, 11) is 0. The van der Waals surface area contributed by atoms with Gasteiger partial charge in [-0.3, -0.25) is 0 Å². The molecule has 1 unspecified atom stereocenters. The molecular formula is C16H18IN. The summed E-state index contributed by atoms with van der Waals surface area (Å²) in [5.41, 5.74) is 10.1. The van der Waals surface area contributed by atoms with Crippen LogP contribution in [0.1, 0.15) is 29.7 Å². The first-order valence-electron chi connectivity index (χ1n) is 6.28. The van der Waals surface area contributed by atoms with E-state index < -0.39 is 0 Å². The summed E-state index contributed by atoms with van der Waals surface area (Å²) in [5.74, 6) is 0. The lowest BCUT2D eigenvalue weighted by Gasteiger charge is -2.12. The Balaban J connectivity index is 2.05. The van der Waals surface area contributed by atoms with Gasteiger partial charge in [0.05, 0.1) is 0 Å². The van der Waals surface area contributed by atoms with Crippen molar-refractivity contribution in [3.8, 4) is 0 Å². The molecule has 0 saturated heterocycles. The molecule has 0 bridgehead atoms. The molecule has 18 heavy (non-hydrogen) atoms. The summed E-state index contributed by atoms with van der Waals surface area (Å²) in [4.78, 5) is 0. The van der Waals surface area contributed by atoms with E-state index in [-0.39, 0.29) is 6.04 Å². The molecule has 2 aromatic carbocycles. The molecular weight excluding hydrogens is 333 g/mol. The van der Waals surface area contributed by atoms with Gasteiger partial charge in [-0.1, -0.05) is 43.3 Å². The third-order valence-corrected chi connectivity index (χ3v) is 3.90. The zero-order chi connectivity index (χ0) is 13.0. The van der Waals surface area contributed by atoms with Crippen LogP contribution in [0.5, 0.6) is 0 Å². The average Bonchev–Trinajstić information content (AvgIpc) is 2.40. The molecule has 0 radical (unpaired) electrons. The Bertz CT molecular complexity index is 488. The largest absolute Gasteiger partial charge is 0.324 e. The van der Waals surface area contributed by atoms with Gasteiger partial charge in [-0.25, -0.2) is 0 Å². The molecule has 0 fully saturated rings. The smallest absolute Gasteiger partial charge is 0.0335 e. The second-order valence-corrected chi connectivity index (χ2v) is 5.78. The van der Waals surface area contributed by atoms with Gasteiger partial charge in [0, 0.05) is 9.61 Å². The molecule has 2 rings (SSSR count). The Kier molecular flexibility index (Phi) is 4.78. The van der Waals surface area contributed by atoms with Crippen molar-refractivity contribution < 1.29 is 0 Å². The zero-order valence-electron chi connectivity index (χ0n) is 10.6. The van der Waals surface area contributed by atoms with Crippen molar-refractivity contribution in [2.45, 2.75) is 25.8 Å². The number of benzene rings is 2. The Hall–Kier alpha value is -0.870. The first kappa shape index (κ1) is 13.6. The van der Waals surface area contributed by atoms with Crippen LogP contribution >= 0.6 is 22.6 Å². The Labute approximate surface area is 123 Å². The number of rotatable bonds is 4. The Morgan fingerprint density at radius 3 is 2.06 bits per heavy atom. The van der Waals surface area contributed by atoms with Crippen molar-refractivity contribution in [1.82, 2.24) is 0 Å². The van der Waals surface area contributed by atoms with Gasteiger partial charge in [0.2, 0.25) is 0 Å². The van der Waals surface area contributed by atoms with Crippen molar-refractivity contribution in [2.24, 2.45) is 5.73 Å². The molecule has 1 atom stereocenters. The Morgan fingerprint density at radius 2 is 1.50 bits per heavy atom. The molecule has 0 aliphatic rings. The number of nitrogens with two attached hydrogens (primary N) is 1. The lowest BCUT2D eigenvalue weighted by molar-refractivity contribution is 0.721. The molecule has 94 valence electrons. The van der Waals surface area contributed by atoms with Crippen LogP contribution in [0.15, 0.2) is 48.5 Å². The fourth-order valence-electron chi connectivity index (χ4n) is 1.99. The highest BCUT2D eigenvalue weighted by molar-refractivity contribution is 14.1. The molecule has 2 N–H and O–H groups in total. The summed E-state index contributed by atoms with van der Waals surface area (Å²) < 4.78 is 1.25. The highest BCUT2D eigenvalue weighted by Crippen LogP contribution is 2.18. The van der Waals surface area contributed by atoms with E-state index in [4.69, 9.17) is 5.73 Å². The maximum atomic E-state index is 6.25. The molecule has 0 saturated carbocycles. The minimum absolute atomic E-state index is 0.0782. The second kappa shape index (κ2) is 6.34. The van der Waals surface area contributed by atoms with Crippen molar-refractivity contribution in [1.29, 1.82) is 0 Å². The van der Waals surface area contributed by atoms with E-state index >= 15 is 0 Å². The fraction of sp³-hybridized carbons (Fsp3) is 0.250. The Morgan fingerprint density at radius 1 is 0.944 bits per heavy atom. The fourth-order valence-corrected chi connectivity index (χ4v) is 2.35. The van der Waals surface area contributed by atoms with Crippen LogP contribution in [0, 0.1) is 3.57 Å². The van der Waals surface area contributed by atoms with E-state index in [1.165, 1.54) is 20.3 Å². The van der Waals surface area contributed by atoms with Gasteiger partial charge in [-0.05, 0) is 64.3 Å². The number of aryl methyl sites for hydroxylation is 1. The highest BCUT2D eigenvalue weighted by atomic mass is 127. The first-order valence-corrected chi connectivity index (χ1v) is 7.35. The summed E-state index contributed by atoms with van der Waals surface area (Å²) >= 11 is 2.31. The van der Waals surface area contributed by atoms with Gasteiger partial charge < -0.3 is 5.73 Å². The third kappa shape index (κ3) is 3.56. The van der Waals surface area contributed by atoms with Crippen molar-refractivity contribution in [3.05, 3.63) is 68.8 Å². The normalized spacial score (nSPS) is 12.4. The lowest BCUT2D eigenvalue weighted by Crippen LogP contribution is -2.13. The molecule has 0 amide bonds. The maximum Gasteiger partial charge on any atom is 0.0335 e. The number of halogens is 1. The van der Waals surface area contributed by atoms with Gasteiger partial charge in [-0.2, -0.15) is 0 Å². The lowest BCUT2D eigenvalue weighted by atomic mass is 9.99. The molecule has 0 aliphatic heterocycles. The van der Waals surface area contributed by atoms with Crippen molar-refractivity contribution >= 4 is 22.6 Å². The number of hydrogen-bond acceptors (Lipinski definition) is 1. The summed E-state index contributed by atoms with van der Waals surface area (Å²) in [6, 6.07) is 17.3. The SMILES string of the molecule is CCc1ccc(CC(N)c2ccc(I)cc2)cc1. The minimum Gasteiger partial charge on any atom is -0.324 e. The maximum absolute atomic E-state index is 6.25. The molecule has 0 spiro atoms. The van der Waals surface area contributed by atoms with Crippen molar-refractivity contribution in [2.75, 3.05) is 0 Å². The van der Waals surface area contributed by atoms with E-state index in [0.29, 0.717) is 0 Å². The zero-order valence-corrected chi connectivity index (χ0v) is 12.7. The van der Waals surface area contributed by atoms with E-state index in [2.05, 4.69) is 78.0 Å². The van der Waals surface area contributed by atoms with Crippen LogP contribution in [0.4, 0.5) is 0 Å². The van der Waals surface area contributed by atoms with Gasteiger partial charge >= 0.3 is 0 Å². The van der Waals surface area contributed by atoms with Gasteiger partial charge in [0.15, 0.2) is 0 Å². The monoisotopic (exact) mass is 351 g/mol. The van der Waals surface area contributed by atoms with E-state index in [1.807, 2.05) is 0 Å². The van der Waals surface area contributed by atoms with Crippen LogP contribution < -0.4 is 5.73 Å². The molecule has 0 aliphatic carbocycles. The predicted molar refractivity (Wildman–Crippen MR) is 85.6 cm³/mol. The van der Waals surface area contributed by atoms with Gasteiger partial charge in [-0.15, -0.1) is 0 Å². The van der Waals surface area contributed by atoms with E-state index in [9.17, 15) is 0 Å². The molecule has 0 aromatic heterocycles. The van der Waals surface area contributed by atoms with E-state index in [1.54, 1.807) is 0 Å². The van der Waals surface area contributed by atoms with Gasteiger partial charge in [0.1, 0.15) is 0 Å². The summed E-state index contributed by atoms with van der Waals surface area (Å²) in [6.07, 6.45) is 1.98. The average molecular weight is 351 g/mol. The molecule has 2 aromatic rings. The van der Waals surface area contributed by atoms with Crippen LogP contribution in [-0.2, 0) is 12.8 Å². The molecule has 1 nitrogen and oxygen atoms in total. The van der Waals surface area contributed by atoms with Crippen LogP contribution in [0.2, 0.25) is 0 Å². The number of hydrogen-bond donors (Lipinski definition) is 1. The topological polar surface area (TPSA) is 26.0 Å². The quantitative estimate of drug-likeness (QED) is 0.825. The van der Waals surface area contributed by atoms with Crippen LogP contribution in [-0.4, -0.2) is 0 Å². The van der Waals surface area contributed by atoms with Crippen molar-refractivity contribution in [3.63, 3.8) is 0 Å². The highest BCUT2D eigenvalue weighted by Gasteiger charge is 2.06. The standard InChI is InChI=1S/C16H18IN/c1-2-12-3-5-13(6-4-12)11-16(18)14-7-9-15(17)10-8-14/h3-10,16H,2,11,18H2,1H3. The summed E-state index contributed by atoms with van der Waals surface area (Å²) in [5, 5.41) is 0. The second-order valence-electron chi connectivity index (χ2n) is 4.53. The third-order valence-electron chi connectivity index (χ3n) is 3.18. The first-order chi connectivity index (χ1) is 8.69. The van der Waals surface area contributed by atoms with Crippen LogP contribution in [0.3, 0.4) is 0 Å². The van der Waals surface area contributed by atoms with Crippen LogP contribution in [0.25, 0.3) is 0 Å². The summed E-state index contributed by atoms with van der Waals surface area (Å²) in [6.45, 7) is 2.17.